The Balaban J connectivity index is 1.66. The summed E-state index contributed by atoms with van der Waals surface area (Å²) in [4.78, 5) is 0. The molecule has 2 nitrogen and oxygen atoms in total. The van der Waals surface area contributed by atoms with E-state index in [0.29, 0.717) is 0 Å². The molecule has 0 saturated heterocycles. The molecule has 2 aromatic rings. The molecule has 2 rings (SSSR count). The normalized spacial score (nSPS) is 10.3. The van der Waals surface area contributed by atoms with Gasteiger partial charge in [-0.1, -0.05) is 31.2 Å². The van der Waals surface area contributed by atoms with Gasteiger partial charge >= 0.3 is 0 Å². The van der Waals surface area contributed by atoms with Crippen molar-refractivity contribution in [1.82, 2.24) is 0 Å². The molecule has 0 spiro atoms. The third-order valence-electron chi connectivity index (χ3n) is 3.27. The van der Waals surface area contributed by atoms with Crippen molar-refractivity contribution in [3.63, 3.8) is 0 Å². The van der Waals surface area contributed by atoms with Gasteiger partial charge in [0.25, 0.3) is 0 Å². The van der Waals surface area contributed by atoms with Crippen LogP contribution in [0.1, 0.15) is 24.5 Å². The SMILES string of the molecule is CCc1ccc(NCCCOc2cccc(C)c2)cc1. The Hall–Kier alpha value is -1.96. The fourth-order valence-electron chi connectivity index (χ4n) is 2.06. The highest BCUT2D eigenvalue weighted by molar-refractivity contribution is 5.44. The molecular formula is C18H23NO. The van der Waals surface area contributed by atoms with Crippen molar-refractivity contribution >= 4 is 5.69 Å². The highest BCUT2D eigenvalue weighted by atomic mass is 16.5. The first-order valence-electron chi connectivity index (χ1n) is 7.30. The number of hydrogen-bond acceptors (Lipinski definition) is 2. The zero-order chi connectivity index (χ0) is 14.2. The third-order valence-corrected chi connectivity index (χ3v) is 3.27. The van der Waals surface area contributed by atoms with Crippen molar-refractivity contribution in [2.75, 3.05) is 18.5 Å². The number of nitrogens with one attached hydrogen (secondary N) is 1. The molecule has 0 aliphatic carbocycles. The van der Waals surface area contributed by atoms with E-state index in [9.17, 15) is 0 Å². The van der Waals surface area contributed by atoms with E-state index < -0.39 is 0 Å². The molecule has 0 atom stereocenters. The molecular weight excluding hydrogens is 246 g/mol. The Bertz CT molecular complexity index is 519. The van der Waals surface area contributed by atoms with Crippen molar-refractivity contribution in [2.45, 2.75) is 26.7 Å². The van der Waals surface area contributed by atoms with Crippen LogP contribution in [-0.2, 0) is 6.42 Å². The van der Waals surface area contributed by atoms with Crippen molar-refractivity contribution in [3.8, 4) is 5.75 Å². The number of benzene rings is 2. The van der Waals surface area contributed by atoms with E-state index in [0.717, 1.165) is 31.7 Å². The minimum absolute atomic E-state index is 0.740. The van der Waals surface area contributed by atoms with Gasteiger partial charge in [0.05, 0.1) is 6.61 Å². The molecule has 0 unspecified atom stereocenters. The predicted octanol–water partition coefficient (Wildman–Crippen LogP) is 4.44. The predicted molar refractivity (Wildman–Crippen MR) is 85.6 cm³/mol. The van der Waals surface area contributed by atoms with Crippen molar-refractivity contribution in [3.05, 3.63) is 59.7 Å². The number of hydrogen-bond donors (Lipinski definition) is 1. The zero-order valence-electron chi connectivity index (χ0n) is 12.4. The van der Waals surface area contributed by atoms with Gasteiger partial charge in [-0.15, -0.1) is 0 Å². The largest absolute Gasteiger partial charge is 0.494 e. The minimum Gasteiger partial charge on any atom is -0.494 e. The van der Waals surface area contributed by atoms with E-state index in [-0.39, 0.29) is 0 Å². The van der Waals surface area contributed by atoms with Crippen LogP contribution in [0.5, 0.6) is 5.75 Å². The van der Waals surface area contributed by atoms with Crippen LogP contribution in [-0.4, -0.2) is 13.2 Å². The van der Waals surface area contributed by atoms with Gasteiger partial charge in [-0.2, -0.15) is 0 Å². The fourth-order valence-corrected chi connectivity index (χ4v) is 2.06. The summed E-state index contributed by atoms with van der Waals surface area (Å²) in [6.07, 6.45) is 2.08. The van der Waals surface area contributed by atoms with Crippen LogP contribution in [0.25, 0.3) is 0 Å². The molecule has 0 heterocycles. The summed E-state index contributed by atoms with van der Waals surface area (Å²) in [5.41, 5.74) is 3.78. The lowest BCUT2D eigenvalue weighted by molar-refractivity contribution is 0.315. The summed E-state index contributed by atoms with van der Waals surface area (Å²) in [6.45, 7) is 5.92. The van der Waals surface area contributed by atoms with Gasteiger partial charge in [-0.3, -0.25) is 0 Å². The molecule has 0 bridgehead atoms. The van der Waals surface area contributed by atoms with Crippen LogP contribution < -0.4 is 10.1 Å². The van der Waals surface area contributed by atoms with Gasteiger partial charge in [0.2, 0.25) is 0 Å². The van der Waals surface area contributed by atoms with Gasteiger partial charge in [-0.05, 0) is 55.2 Å². The average Bonchev–Trinajstić information content (AvgIpc) is 2.48. The fraction of sp³-hybridized carbons (Fsp3) is 0.333. The lowest BCUT2D eigenvalue weighted by Gasteiger charge is -2.09. The third kappa shape index (κ3) is 4.61. The van der Waals surface area contributed by atoms with Gasteiger partial charge in [0, 0.05) is 12.2 Å². The minimum atomic E-state index is 0.740. The van der Waals surface area contributed by atoms with Crippen LogP contribution >= 0.6 is 0 Å². The number of anilines is 1. The number of ether oxygens (including phenoxy) is 1. The van der Waals surface area contributed by atoms with E-state index in [2.05, 4.69) is 55.6 Å². The molecule has 2 aromatic carbocycles. The van der Waals surface area contributed by atoms with Crippen LogP contribution in [0.2, 0.25) is 0 Å². The van der Waals surface area contributed by atoms with Gasteiger partial charge in [0.1, 0.15) is 5.75 Å². The summed E-state index contributed by atoms with van der Waals surface area (Å²) in [5.74, 6) is 0.956. The van der Waals surface area contributed by atoms with E-state index >= 15 is 0 Å². The maximum atomic E-state index is 5.72. The maximum Gasteiger partial charge on any atom is 0.119 e. The molecule has 20 heavy (non-hydrogen) atoms. The molecule has 0 aromatic heterocycles. The van der Waals surface area contributed by atoms with Crippen molar-refractivity contribution < 1.29 is 4.74 Å². The molecule has 106 valence electrons. The van der Waals surface area contributed by atoms with Crippen molar-refractivity contribution in [1.29, 1.82) is 0 Å². The standard InChI is InChI=1S/C18H23NO/c1-3-16-8-10-17(11-9-16)19-12-5-13-20-18-7-4-6-15(2)14-18/h4,6-11,14,19H,3,5,12-13H2,1-2H3. The molecule has 0 saturated carbocycles. The smallest absolute Gasteiger partial charge is 0.119 e. The van der Waals surface area contributed by atoms with E-state index in [4.69, 9.17) is 4.74 Å². The van der Waals surface area contributed by atoms with Crippen LogP contribution in [0.3, 0.4) is 0 Å². The Morgan fingerprint density at radius 2 is 1.85 bits per heavy atom. The quantitative estimate of drug-likeness (QED) is 0.750. The van der Waals surface area contributed by atoms with E-state index in [1.807, 2.05) is 12.1 Å². The Morgan fingerprint density at radius 3 is 2.55 bits per heavy atom. The average molecular weight is 269 g/mol. The van der Waals surface area contributed by atoms with Gasteiger partial charge < -0.3 is 10.1 Å². The highest BCUT2D eigenvalue weighted by Gasteiger charge is 1.95. The summed E-state index contributed by atoms with van der Waals surface area (Å²) < 4.78 is 5.72. The molecule has 0 fully saturated rings. The summed E-state index contributed by atoms with van der Waals surface area (Å²) in [5, 5.41) is 3.41. The second-order valence-electron chi connectivity index (χ2n) is 5.00. The topological polar surface area (TPSA) is 21.3 Å². The van der Waals surface area contributed by atoms with Crippen LogP contribution in [0, 0.1) is 6.92 Å². The van der Waals surface area contributed by atoms with Crippen molar-refractivity contribution in [2.24, 2.45) is 0 Å². The zero-order valence-corrected chi connectivity index (χ0v) is 12.4. The second-order valence-corrected chi connectivity index (χ2v) is 5.00. The van der Waals surface area contributed by atoms with Gasteiger partial charge in [0.15, 0.2) is 0 Å². The molecule has 0 amide bonds. The first-order valence-corrected chi connectivity index (χ1v) is 7.30. The van der Waals surface area contributed by atoms with Gasteiger partial charge in [-0.25, -0.2) is 0 Å². The Morgan fingerprint density at radius 1 is 1.05 bits per heavy atom. The Labute approximate surface area is 121 Å². The summed E-state index contributed by atoms with van der Waals surface area (Å²) in [6, 6.07) is 16.8. The molecule has 1 N–H and O–H groups in total. The number of aryl methyl sites for hydroxylation is 2. The number of rotatable bonds is 7. The lowest BCUT2D eigenvalue weighted by atomic mass is 10.1. The Kier molecular flexibility index (Phi) is 5.48. The molecule has 0 aliphatic rings. The maximum absolute atomic E-state index is 5.72. The van der Waals surface area contributed by atoms with Crippen LogP contribution in [0.15, 0.2) is 48.5 Å². The molecule has 2 heteroatoms. The van der Waals surface area contributed by atoms with Crippen LogP contribution in [0.4, 0.5) is 5.69 Å². The first-order chi connectivity index (χ1) is 9.78. The van der Waals surface area contributed by atoms with E-state index in [1.165, 1.54) is 16.8 Å². The monoisotopic (exact) mass is 269 g/mol. The molecule has 0 aliphatic heterocycles. The summed E-state index contributed by atoms with van der Waals surface area (Å²) >= 11 is 0. The second kappa shape index (κ2) is 7.59. The highest BCUT2D eigenvalue weighted by Crippen LogP contribution is 2.13. The molecule has 0 radical (unpaired) electrons. The summed E-state index contributed by atoms with van der Waals surface area (Å²) in [7, 11) is 0. The van der Waals surface area contributed by atoms with E-state index in [1.54, 1.807) is 0 Å². The lowest BCUT2D eigenvalue weighted by Crippen LogP contribution is -2.07. The first kappa shape index (κ1) is 14.4.